The Morgan fingerprint density at radius 2 is 2.19 bits per heavy atom. The van der Waals surface area contributed by atoms with E-state index in [1.54, 1.807) is 0 Å². The first-order chi connectivity index (χ1) is 7.77. The Morgan fingerprint density at radius 3 is 2.88 bits per heavy atom. The van der Waals surface area contributed by atoms with Gasteiger partial charge in [-0.3, -0.25) is 4.79 Å². The molecule has 0 radical (unpaired) electrons. The predicted octanol–water partition coefficient (Wildman–Crippen LogP) is 3.71. The molecule has 92 valence electrons. The molecule has 1 saturated carbocycles. The second-order valence-electron chi connectivity index (χ2n) is 4.66. The molecular weight excluding hydrogens is 200 g/mol. The maximum atomic E-state index is 11.1. The maximum absolute atomic E-state index is 11.1. The van der Waals surface area contributed by atoms with Gasteiger partial charge in [-0.15, -0.1) is 0 Å². The summed E-state index contributed by atoms with van der Waals surface area (Å²) < 4.78 is 5.19. The fraction of sp³-hybridized carbons (Fsp3) is 0.786. The van der Waals surface area contributed by atoms with Crippen molar-refractivity contribution in [2.45, 2.75) is 52.4 Å². The lowest BCUT2D eigenvalue weighted by Crippen LogP contribution is -2.06. The topological polar surface area (TPSA) is 26.3 Å². The fourth-order valence-electron chi connectivity index (χ4n) is 1.77. The van der Waals surface area contributed by atoms with E-state index in [0.29, 0.717) is 24.9 Å². The van der Waals surface area contributed by atoms with E-state index in [0.717, 1.165) is 6.42 Å². The van der Waals surface area contributed by atoms with Gasteiger partial charge in [-0.1, -0.05) is 38.8 Å². The molecule has 0 amide bonds. The summed E-state index contributed by atoms with van der Waals surface area (Å²) in [6.07, 6.45) is 10.9. The third kappa shape index (κ3) is 5.34. The number of hydrogen-bond donors (Lipinski definition) is 0. The highest BCUT2D eigenvalue weighted by Gasteiger charge is 2.35. The molecule has 0 saturated heterocycles. The Balaban J connectivity index is 2.01. The van der Waals surface area contributed by atoms with Gasteiger partial charge in [-0.2, -0.15) is 0 Å². The summed E-state index contributed by atoms with van der Waals surface area (Å²) in [7, 11) is 0. The normalized spacial score (nSPS) is 23.6. The van der Waals surface area contributed by atoms with Gasteiger partial charge in [0.25, 0.3) is 0 Å². The first-order valence-corrected chi connectivity index (χ1v) is 6.60. The van der Waals surface area contributed by atoms with Crippen LogP contribution >= 0.6 is 0 Å². The number of carbonyl (C=O) groups is 1. The Hall–Kier alpha value is -0.790. The maximum Gasteiger partial charge on any atom is 0.305 e. The summed E-state index contributed by atoms with van der Waals surface area (Å²) in [4.78, 5) is 11.1. The van der Waals surface area contributed by atoms with Crippen molar-refractivity contribution < 1.29 is 9.53 Å². The predicted molar refractivity (Wildman–Crippen MR) is 66.1 cm³/mol. The largest absolute Gasteiger partial charge is 0.465 e. The molecule has 1 fully saturated rings. The third-order valence-corrected chi connectivity index (χ3v) is 3.00. The van der Waals surface area contributed by atoms with Crippen molar-refractivity contribution in [2.75, 3.05) is 6.61 Å². The highest BCUT2D eigenvalue weighted by Crippen LogP contribution is 2.39. The molecule has 0 bridgehead atoms. The molecule has 2 nitrogen and oxygen atoms in total. The summed E-state index contributed by atoms with van der Waals surface area (Å²) >= 11 is 0. The minimum absolute atomic E-state index is 0.0388. The molecule has 0 aliphatic heterocycles. The Labute approximate surface area is 99.1 Å². The van der Waals surface area contributed by atoms with Crippen LogP contribution in [-0.4, -0.2) is 12.6 Å². The van der Waals surface area contributed by atoms with Crippen LogP contribution in [0.4, 0.5) is 0 Å². The van der Waals surface area contributed by atoms with Crippen LogP contribution in [0, 0.1) is 11.8 Å². The first kappa shape index (κ1) is 13.3. The number of unbranched alkanes of at least 4 members (excludes halogenated alkanes) is 2. The minimum atomic E-state index is -0.0388. The van der Waals surface area contributed by atoms with Crippen molar-refractivity contribution in [2.24, 2.45) is 11.8 Å². The Bertz CT molecular complexity index is 233. The highest BCUT2D eigenvalue weighted by atomic mass is 16.5. The minimum Gasteiger partial charge on any atom is -0.465 e. The van der Waals surface area contributed by atoms with Crippen LogP contribution in [0.5, 0.6) is 0 Å². The second-order valence-corrected chi connectivity index (χ2v) is 4.66. The number of esters is 1. The van der Waals surface area contributed by atoms with Gasteiger partial charge in [0.1, 0.15) is 0 Å². The molecule has 0 heterocycles. The molecule has 2 atom stereocenters. The van der Waals surface area contributed by atoms with Crippen LogP contribution in [0.1, 0.15) is 52.4 Å². The van der Waals surface area contributed by atoms with Gasteiger partial charge >= 0.3 is 5.97 Å². The monoisotopic (exact) mass is 224 g/mol. The molecule has 0 aromatic heterocycles. The van der Waals surface area contributed by atoms with E-state index in [1.807, 2.05) is 6.92 Å². The van der Waals surface area contributed by atoms with Crippen LogP contribution in [0.2, 0.25) is 0 Å². The standard InChI is InChI=1S/C14H24O2/c1-3-5-6-7-9-12-10-13(12)11-16-14(15)8-4-2/h7,9,12-13H,3-6,8,10-11H2,1-2H3/b9-7+/t12-,13-/m1/s1. The molecule has 2 heteroatoms. The SMILES string of the molecule is CCCC/C=C/[C@@H]1C[C@@H]1COC(=O)CCC. The average molecular weight is 224 g/mol. The van der Waals surface area contributed by atoms with E-state index in [-0.39, 0.29) is 5.97 Å². The Morgan fingerprint density at radius 1 is 1.38 bits per heavy atom. The molecule has 0 spiro atoms. The second kappa shape index (κ2) is 7.48. The zero-order valence-corrected chi connectivity index (χ0v) is 10.6. The van der Waals surface area contributed by atoms with Gasteiger partial charge in [0.2, 0.25) is 0 Å². The van der Waals surface area contributed by atoms with Crippen molar-refractivity contribution in [3.05, 3.63) is 12.2 Å². The summed E-state index contributed by atoms with van der Waals surface area (Å²) in [6, 6.07) is 0. The van der Waals surface area contributed by atoms with Crippen LogP contribution in [0.15, 0.2) is 12.2 Å². The van der Waals surface area contributed by atoms with E-state index in [4.69, 9.17) is 4.74 Å². The number of allylic oxidation sites excluding steroid dienone is 2. The van der Waals surface area contributed by atoms with Crippen molar-refractivity contribution in [3.63, 3.8) is 0 Å². The summed E-state index contributed by atoms with van der Waals surface area (Å²) in [5.74, 6) is 1.23. The molecule has 0 aromatic rings. The Kier molecular flexibility index (Phi) is 6.20. The fourth-order valence-corrected chi connectivity index (χ4v) is 1.77. The molecule has 0 aromatic carbocycles. The molecule has 0 unspecified atom stereocenters. The van der Waals surface area contributed by atoms with E-state index in [9.17, 15) is 4.79 Å². The molecule has 1 aliphatic carbocycles. The lowest BCUT2D eigenvalue weighted by Gasteiger charge is -2.01. The zero-order valence-electron chi connectivity index (χ0n) is 10.6. The number of rotatable bonds is 8. The van der Waals surface area contributed by atoms with Gasteiger partial charge in [-0.05, 0) is 31.1 Å². The van der Waals surface area contributed by atoms with E-state index < -0.39 is 0 Å². The summed E-state index contributed by atoms with van der Waals surface area (Å²) in [5.41, 5.74) is 0. The molecular formula is C14H24O2. The lowest BCUT2D eigenvalue weighted by atomic mass is 10.2. The van der Waals surface area contributed by atoms with Crippen LogP contribution in [-0.2, 0) is 9.53 Å². The van der Waals surface area contributed by atoms with Crippen LogP contribution < -0.4 is 0 Å². The number of hydrogen-bond acceptors (Lipinski definition) is 2. The molecule has 16 heavy (non-hydrogen) atoms. The van der Waals surface area contributed by atoms with Gasteiger partial charge < -0.3 is 4.74 Å². The smallest absolute Gasteiger partial charge is 0.305 e. The summed E-state index contributed by atoms with van der Waals surface area (Å²) in [6.45, 7) is 4.83. The van der Waals surface area contributed by atoms with Crippen molar-refractivity contribution in [3.8, 4) is 0 Å². The van der Waals surface area contributed by atoms with Crippen molar-refractivity contribution in [1.29, 1.82) is 0 Å². The van der Waals surface area contributed by atoms with Crippen molar-refractivity contribution >= 4 is 5.97 Å². The third-order valence-electron chi connectivity index (χ3n) is 3.00. The van der Waals surface area contributed by atoms with Gasteiger partial charge in [0.05, 0.1) is 6.61 Å². The summed E-state index contributed by atoms with van der Waals surface area (Å²) in [5, 5.41) is 0. The van der Waals surface area contributed by atoms with Gasteiger partial charge in [0, 0.05) is 6.42 Å². The highest BCUT2D eigenvalue weighted by molar-refractivity contribution is 5.69. The van der Waals surface area contributed by atoms with E-state index in [1.165, 1.54) is 25.7 Å². The lowest BCUT2D eigenvalue weighted by molar-refractivity contribution is -0.144. The van der Waals surface area contributed by atoms with Gasteiger partial charge in [-0.25, -0.2) is 0 Å². The average Bonchev–Trinajstić information content (AvgIpc) is 3.01. The van der Waals surface area contributed by atoms with Gasteiger partial charge in [0.15, 0.2) is 0 Å². The van der Waals surface area contributed by atoms with Crippen molar-refractivity contribution in [1.82, 2.24) is 0 Å². The quantitative estimate of drug-likeness (QED) is 0.357. The zero-order chi connectivity index (χ0) is 11.8. The number of carbonyl (C=O) groups excluding carboxylic acids is 1. The van der Waals surface area contributed by atoms with Crippen LogP contribution in [0.25, 0.3) is 0 Å². The van der Waals surface area contributed by atoms with E-state index >= 15 is 0 Å². The van der Waals surface area contributed by atoms with Crippen LogP contribution in [0.3, 0.4) is 0 Å². The number of ether oxygens (including phenoxy) is 1. The molecule has 1 aliphatic rings. The first-order valence-electron chi connectivity index (χ1n) is 6.60. The molecule has 0 N–H and O–H groups in total. The molecule has 1 rings (SSSR count). The van der Waals surface area contributed by atoms with E-state index in [2.05, 4.69) is 19.1 Å².